The first kappa shape index (κ1) is 23.0. The van der Waals surface area contributed by atoms with Crippen LogP contribution in [-0.2, 0) is 4.79 Å². The van der Waals surface area contributed by atoms with E-state index in [-0.39, 0.29) is 12.7 Å². The molecule has 0 unspecified atom stereocenters. The van der Waals surface area contributed by atoms with Crippen molar-refractivity contribution in [3.63, 3.8) is 0 Å². The number of hydrogen-bond donors (Lipinski definition) is 1. The molecule has 0 aliphatic carbocycles. The average Bonchev–Trinajstić information content (AvgIpc) is 3.28. The quantitative estimate of drug-likeness (QED) is 0.585. The van der Waals surface area contributed by atoms with Crippen molar-refractivity contribution in [3.05, 3.63) is 48.0 Å². The summed E-state index contributed by atoms with van der Waals surface area (Å²) in [5.74, 6) is 2.42. The molecule has 2 aliphatic rings. The lowest BCUT2D eigenvalue weighted by Gasteiger charge is -2.38. The Bertz CT molecular complexity index is 996. The monoisotopic (exact) mass is 452 g/mol. The zero-order chi connectivity index (χ0) is 23.2. The van der Waals surface area contributed by atoms with Gasteiger partial charge in [0.15, 0.2) is 23.0 Å². The van der Waals surface area contributed by atoms with E-state index in [1.54, 1.807) is 31.4 Å². The number of fused-ring (bicyclic) bond motifs is 1. The summed E-state index contributed by atoms with van der Waals surface area (Å²) in [5, 5.41) is 2.88. The molecule has 0 spiro atoms. The Kier molecular flexibility index (Phi) is 7.40. The summed E-state index contributed by atoms with van der Waals surface area (Å²) in [6.07, 6.45) is 6.98. The molecule has 176 valence electrons. The SMILES string of the molecule is COc1ccc(NC(=O)/C=C/c2ccc3c(c2)OCO3)cc1OCCN1[C@H](C)CCC[C@@H]1C. The van der Waals surface area contributed by atoms with Crippen molar-refractivity contribution in [1.29, 1.82) is 0 Å². The second kappa shape index (κ2) is 10.6. The van der Waals surface area contributed by atoms with E-state index in [0.717, 1.165) is 12.1 Å². The van der Waals surface area contributed by atoms with Crippen LogP contribution in [0.4, 0.5) is 5.69 Å². The molecular weight excluding hydrogens is 420 g/mol. The third kappa shape index (κ3) is 5.79. The van der Waals surface area contributed by atoms with Crippen molar-refractivity contribution in [2.24, 2.45) is 0 Å². The van der Waals surface area contributed by atoms with E-state index >= 15 is 0 Å². The second-order valence-electron chi connectivity index (χ2n) is 8.52. The number of hydrogen-bond acceptors (Lipinski definition) is 6. The summed E-state index contributed by atoms with van der Waals surface area (Å²) in [5.41, 5.74) is 1.50. The predicted octanol–water partition coefficient (Wildman–Crippen LogP) is 4.72. The van der Waals surface area contributed by atoms with E-state index in [4.69, 9.17) is 18.9 Å². The molecule has 7 nitrogen and oxygen atoms in total. The number of ether oxygens (including phenoxy) is 4. The number of carbonyl (C=O) groups excluding carboxylic acids is 1. The van der Waals surface area contributed by atoms with Gasteiger partial charge < -0.3 is 24.3 Å². The van der Waals surface area contributed by atoms with Gasteiger partial charge in [0, 0.05) is 36.5 Å². The van der Waals surface area contributed by atoms with E-state index in [2.05, 4.69) is 24.1 Å². The van der Waals surface area contributed by atoms with Crippen molar-refractivity contribution in [3.8, 4) is 23.0 Å². The van der Waals surface area contributed by atoms with Gasteiger partial charge in [-0.05, 0) is 62.6 Å². The lowest BCUT2D eigenvalue weighted by molar-refractivity contribution is -0.111. The number of rotatable bonds is 8. The van der Waals surface area contributed by atoms with Crippen LogP contribution >= 0.6 is 0 Å². The van der Waals surface area contributed by atoms with E-state index in [9.17, 15) is 4.79 Å². The summed E-state index contributed by atoms with van der Waals surface area (Å²) in [6, 6.07) is 12.1. The largest absolute Gasteiger partial charge is 0.493 e. The normalized spacial score (nSPS) is 20.1. The van der Waals surface area contributed by atoms with Gasteiger partial charge in [0.25, 0.3) is 0 Å². The van der Waals surface area contributed by atoms with Gasteiger partial charge in [-0.15, -0.1) is 0 Å². The van der Waals surface area contributed by atoms with Gasteiger partial charge in [-0.1, -0.05) is 12.5 Å². The fourth-order valence-electron chi connectivity index (χ4n) is 4.42. The van der Waals surface area contributed by atoms with Gasteiger partial charge in [0.1, 0.15) is 6.61 Å². The van der Waals surface area contributed by atoms with E-state index < -0.39 is 0 Å². The minimum absolute atomic E-state index is 0.223. The molecule has 2 heterocycles. The van der Waals surface area contributed by atoms with Crippen LogP contribution in [-0.4, -0.2) is 49.9 Å². The standard InChI is InChI=1S/C26H32N2O5/c1-18-5-4-6-19(2)28(18)13-14-31-25-16-21(9-11-22(25)30-3)27-26(29)12-8-20-7-10-23-24(15-20)33-17-32-23/h7-12,15-16,18-19H,4-6,13-14,17H2,1-3H3,(H,27,29)/b12-8+/t18-,19+. The molecule has 2 aromatic carbocycles. The number of nitrogens with one attached hydrogen (secondary N) is 1. The number of piperidine rings is 1. The molecule has 0 saturated carbocycles. The van der Waals surface area contributed by atoms with Crippen LogP contribution in [0.3, 0.4) is 0 Å². The number of methoxy groups -OCH3 is 1. The maximum absolute atomic E-state index is 12.4. The highest BCUT2D eigenvalue weighted by molar-refractivity contribution is 6.02. The van der Waals surface area contributed by atoms with Crippen LogP contribution in [0.5, 0.6) is 23.0 Å². The van der Waals surface area contributed by atoms with Gasteiger partial charge >= 0.3 is 0 Å². The molecule has 1 amide bonds. The molecular formula is C26H32N2O5. The van der Waals surface area contributed by atoms with E-state index in [1.807, 2.05) is 18.2 Å². The molecule has 2 atom stereocenters. The van der Waals surface area contributed by atoms with Crippen molar-refractivity contribution in [2.45, 2.75) is 45.2 Å². The van der Waals surface area contributed by atoms with Crippen molar-refractivity contribution in [1.82, 2.24) is 4.90 Å². The Morgan fingerprint density at radius 3 is 2.67 bits per heavy atom. The van der Waals surface area contributed by atoms with Gasteiger partial charge in [0.05, 0.1) is 7.11 Å². The summed E-state index contributed by atoms with van der Waals surface area (Å²) in [7, 11) is 1.61. The maximum atomic E-state index is 12.4. The highest BCUT2D eigenvalue weighted by atomic mass is 16.7. The molecule has 2 aliphatic heterocycles. The van der Waals surface area contributed by atoms with Gasteiger partial charge in [-0.25, -0.2) is 0 Å². The molecule has 4 rings (SSSR count). The predicted molar refractivity (Wildman–Crippen MR) is 128 cm³/mol. The maximum Gasteiger partial charge on any atom is 0.248 e. The first-order valence-corrected chi connectivity index (χ1v) is 11.5. The number of benzene rings is 2. The highest BCUT2D eigenvalue weighted by Crippen LogP contribution is 2.33. The Labute approximate surface area is 195 Å². The minimum Gasteiger partial charge on any atom is -0.493 e. The van der Waals surface area contributed by atoms with Crippen LogP contribution < -0.4 is 24.3 Å². The van der Waals surface area contributed by atoms with Gasteiger partial charge in [-0.3, -0.25) is 9.69 Å². The average molecular weight is 453 g/mol. The van der Waals surface area contributed by atoms with Crippen LogP contribution in [0.25, 0.3) is 6.08 Å². The first-order valence-electron chi connectivity index (χ1n) is 11.5. The zero-order valence-corrected chi connectivity index (χ0v) is 19.5. The third-order valence-corrected chi connectivity index (χ3v) is 6.24. The topological polar surface area (TPSA) is 69.3 Å². The summed E-state index contributed by atoms with van der Waals surface area (Å²) in [6.45, 7) is 6.21. The number of carbonyl (C=O) groups is 1. The third-order valence-electron chi connectivity index (χ3n) is 6.24. The number of anilines is 1. The Morgan fingerprint density at radius 2 is 1.88 bits per heavy atom. The van der Waals surface area contributed by atoms with Crippen LogP contribution in [0.2, 0.25) is 0 Å². The second-order valence-corrected chi connectivity index (χ2v) is 8.52. The summed E-state index contributed by atoms with van der Waals surface area (Å²) < 4.78 is 22.2. The molecule has 0 aromatic heterocycles. The molecule has 1 fully saturated rings. The number of likely N-dealkylation sites (tertiary alicyclic amines) is 1. The molecule has 33 heavy (non-hydrogen) atoms. The minimum atomic E-state index is -0.236. The van der Waals surface area contributed by atoms with Crippen molar-refractivity contribution < 1.29 is 23.7 Å². The smallest absolute Gasteiger partial charge is 0.248 e. The number of nitrogens with zero attached hydrogens (tertiary/aromatic N) is 1. The first-order chi connectivity index (χ1) is 16.0. The van der Waals surface area contributed by atoms with Crippen LogP contribution in [0, 0.1) is 0 Å². The van der Waals surface area contributed by atoms with Gasteiger partial charge in [0.2, 0.25) is 12.7 Å². The molecule has 2 aromatic rings. The fourth-order valence-corrected chi connectivity index (χ4v) is 4.42. The molecule has 0 radical (unpaired) electrons. The highest BCUT2D eigenvalue weighted by Gasteiger charge is 2.24. The molecule has 1 N–H and O–H groups in total. The molecule has 0 bridgehead atoms. The van der Waals surface area contributed by atoms with Gasteiger partial charge in [-0.2, -0.15) is 0 Å². The number of amides is 1. The van der Waals surface area contributed by atoms with E-state index in [1.165, 1.54) is 25.3 Å². The lowest BCUT2D eigenvalue weighted by Crippen LogP contribution is -2.45. The molecule has 7 heteroatoms. The lowest BCUT2D eigenvalue weighted by atomic mass is 9.98. The van der Waals surface area contributed by atoms with Crippen molar-refractivity contribution >= 4 is 17.7 Å². The summed E-state index contributed by atoms with van der Waals surface area (Å²) in [4.78, 5) is 14.9. The van der Waals surface area contributed by atoms with Crippen molar-refractivity contribution in [2.75, 3.05) is 32.4 Å². The Hall–Kier alpha value is -3.19. The van der Waals surface area contributed by atoms with E-state index in [0.29, 0.717) is 47.4 Å². The van der Waals surface area contributed by atoms with Crippen LogP contribution in [0.15, 0.2) is 42.5 Å². The molecule has 1 saturated heterocycles. The summed E-state index contributed by atoms with van der Waals surface area (Å²) >= 11 is 0. The Balaban J connectivity index is 1.35. The fraction of sp³-hybridized carbons (Fsp3) is 0.423. The van der Waals surface area contributed by atoms with Crippen LogP contribution in [0.1, 0.15) is 38.7 Å². The zero-order valence-electron chi connectivity index (χ0n) is 19.5. The Morgan fingerprint density at radius 1 is 1.09 bits per heavy atom.